The summed E-state index contributed by atoms with van der Waals surface area (Å²) < 4.78 is 10.7. The molecule has 0 spiro atoms. The van der Waals surface area contributed by atoms with Gasteiger partial charge in [0, 0.05) is 0 Å². The van der Waals surface area contributed by atoms with Crippen LogP contribution in [-0.4, -0.2) is 16.2 Å². The molecule has 5 heteroatoms. The first-order valence-electron chi connectivity index (χ1n) is 5.91. The summed E-state index contributed by atoms with van der Waals surface area (Å²) in [6.07, 6.45) is -0.0114. The summed E-state index contributed by atoms with van der Waals surface area (Å²) in [6.45, 7) is 4.05. The van der Waals surface area contributed by atoms with E-state index in [4.69, 9.17) is 14.4 Å². The Labute approximate surface area is 110 Å². The molecule has 0 atom stereocenters. The average molecular weight is 261 g/mol. The zero-order valence-electron chi connectivity index (χ0n) is 10.8. The quantitative estimate of drug-likeness (QED) is 0.895. The van der Waals surface area contributed by atoms with Gasteiger partial charge in [0.1, 0.15) is 18.1 Å². The van der Waals surface area contributed by atoms with Gasteiger partial charge in [-0.1, -0.05) is 17.3 Å². The van der Waals surface area contributed by atoms with E-state index in [0.29, 0.717) is 17.9 Å². The van der Waals surface area contributed by atoms with E-state index in [2.05, 4.69) is 5.16 Å². The highest BCUT2D eigenvalue weighted by Crippen LogP contribution is 2.18. The van der Waals surface area contributed by atoms with E-state index in [9.17, 15) is 4.79 Å². The Bertz CT molecular complexity index is 569. The molecule has 100 valence electrons. The zero-order valence-corrected chi connectivity index (χ0v) is 10.8. The monoisotopic (exact) mass is 261 g/mol. The Hall–Kier alpha value is -2.30. The molecular formula is C14H15NO4. The first-order chi connectivity index (χ1) is 9.06. The van der Waals surface area contributed by atoms with Gasteiger partial charge in [-0.25, -0.2) is 0 Å². The molecule has 5 nitrogen and oxygen atoms in total. The van der Waals surface area contributed by atoms with Gasteiger partial charge in [0.15, 0.2) is 0 Å². The number of hydrogen-bond donors (Lipinski definition) is 1. The second-order valence-electron chi connectivity index (χ2n) is 4.31. The van der Waals surface area contributed by atoms with Gasteiger partial charge < -0.3 is 14.4 Å². The Balaban J connectivity index is 2.05. The second-order valence-corrected chi connectivity index (χ2v) is 4.31. The Morgan fingerprint density at radius 3 is 2.84 bits per heavy atom. The molecule has 1 aromatic heterocycles. The van der Waals surface area contributed by atoms with E-state index in [-0.39, 0.29) is 6.42 Å². The van der Waals surface area contributed by atoms with Crippen LogP contribution in [0.3, 0.4) is 0 Å². The van der Waals surface area contributed by atoms with Gasteiger partial charge in [-0.05, 0) is 31.5 Å². The lowest BCUT2D eigenvalue weighted by Crippen LogP contribution is -2.01. The Kier molecular flexibility index (Phi) is 3.85. The van der Waals surface area contributed by atoms with E-state index in [1.807, 2.05) is 13.8 Å². The van der Waals surface area contributed by atoms with E-state index in [1.54, 1.807) is 24.3 Å². The normalized spacial score (nSPS) is 10.4. The lowest BCUT2D eigenvalue weighted by Gasteiger charge is -2.07. The molecule has 0 aliphatic heterocycles. The molecule has 2 aromatic rings. The molecule has 1 N–H and O–H groups in total. The van der Waals surface area contributed by atoms with E-state index in [0.717, 1.165) is 17.0 Å². The predicted molar refractivity (Wildman–Crippen MR) is 68.1 cm³/mol. The van der Waals surface area contributed by atoms with Crippen LogP contribution in [0, 0.1) is 13.8 Å². The summed E-state index contributed by atoms with van der Waals surface area (Å²) in [5.41, 5.74) is 2.44. The van der Waals surface area contributed by atoms with Crippen LogP contribution in [0.25, 0.3) is 0 Å². The predicted octanol–water partition coefficient (Wildman–Crippen LogP) is 2.50. The molecule has 1 heterocycles. The molecule has 0 aliphatic carbocycles. The van der Waals surface area contributed by atoms with E-state index < -0.39 is 5.97 Å². The maximum absolute atomic E-state index is 10.7. The maximum atomic E-state index is 10.7. The summed E-state index contributed by atoms with van der Waals surface area (Å²) in [4.78, 5) is 10.7. The minimum Gasteiger partial charge on any atom is -0.489 e. The molecule has 0 amide bonds. The van der Waals surface area contributed by atoms with Crippen molar-refractivity contribution in [1.29, 1.82) is 0 Å². The van der Waals surface area contributed by atoms with Gasteiger partial charge in [-0.15, -0.1) is 0 Å². The van der Waals surface area contributed by atoms with Crippen LogP contribution >= 0.6 is 0 Å². The minimum atomic E-state index is -0.858. The summed E-state index contributed by atoms with van der Waals surface area (Å²) in [7, 11) is 0. The number of carboxylic acids is 1. The van der Waals surface area contributed by atoms with Crippen molar-refractivity contribution >= 4 is 5.97 Å². The molecule has 0 fully saturated rings. The van der Waals surface area contributed by atoms with Crippen LogP contribution in [0.2, 0.25) is 0 Å². The number of hydrogen-bond acceptors (Lipinski definition) is 4. The minimum absolute atomic E-state index is 0.0114. The summed E-state index contributed by atoms with van der Waals surface area (Å²) in [6, 6.07) is 7.06. The number of rotatable bonds is 5. The SMILES string of the molecule is Cc1noc(C)c1COc1cccc(CC(=O)O)c1. The first-order valence-corrected chi connectivity index (χ1v) is 5.91. The fourth-order valence-corrected chi connectivity index (χ4v) is 1.78. The van der Waals surface area contributed by atoms with Crippen LogP contribution in [0.15, 0.2) is 28.8 Å². The highest BCUT2D eigenvalue weighted by Gasteiger charge is 2.09. The van der Waals surface area contributed by atoms with Crippen molar-refractivity contribution in [1.82, 2.24) is 5.16 Å². The van der Waals surface area contributed by atoms with Crippen molar-refractivity contribution in [2.45, 2.75) is 26.9 Å². The lowest BCUT2D eigenvalue weighted by atomic mass is 10.1. The summed E-state index contributed by atoms with van der Waals surface area (Å²) in [5, 5.41) is 12.6. The number of carboxylic acid groups (broad SMARTS) is 1. The maximum Gasteiger partial charge on any atom is 0.307 e. The second kappa shape index (κ2) is 5.56. The molecule has 0 aliphatic rings. The molecule has 1 aromatic carbocycles. The van der Waals surface area contributed by atoms with Crippen LogP contribution in [0.4, 0.5) is 0 Å². The molecule has 19 heavy (non-hydrogen) atoms. The highest BCUT2D eigenvalue weighted by atomic mass is 16.5. The summed E-state index contributed by atoms with van der Waals surface area (Å²) >= 11 is 0. The number of aromatic nitrogens is 1. The third-order valence-corrected chi connectivity index (χ3v) is 2.82. The number of ether oxygens (including phenoxy) is 1. The Morgan fingerprint density at radius 2 is 2.21 bits per heavy atom. The van der Waals surface area contributed by atoms with Gasteiger partial charge in [0.25, 0.3) is 0 Å². The van der Waals surface area contributed by atoms with E-state index in [1.165, 1.54) is 0 Å². The molecule has 0 saturated carbocycles. The van der Waals surface area contributed by atoms with Gasteiger partial charge in [-0.3, -0.25) is 4.79 Å². The van der Waals surface area contributed by atoms with E-state index >= 15 is 0 Å². The number of nitrogens with zero attached hydrogens (tertiary/aromatic N) is 1. The molecule has 0 saturated heterocycles. The van der Waals surface area contributed by atoms with Crippen molar-refractivity contribution in [2.75, 3.05) is 0 Å². The number of benzene rings is 1. The number of aryl methyl sites for hydroxylation is 2. The standard InChI is InChI=1S/C14H15NO4/c1-9-13(10(2)19-15-9)8-18-12-5-3-4-11(6-12)7-14(16)17/h3-6H,7-8H2,1-2H3,(H,16,17). The highest BCUT2D eigenvalue weighted by molar-refractivity contribution is 5.70. The van der Waals surface area contributed by atoms with Crippen LogP contribution in [0.5, 0.6) is 5.75 Å². The largest absolute Gasteiger partial charge is 0.489 e. The number of aliphatic carboxylic acids is 1. The van der Waals surface area contributed by atoms with Gasteiger partial charge in [-0.2, -0.15) is 0 Å². The van der Waals surface area contributed by atoms with Crippen molar-refractivity contribution in [3.63, 3.8) is 0 Å². The average Bonchev–Trinajstić information content (AvgIpc) is 2.66. The molecule has 0 bridgehead atoms. The van der Waals surface area contributed by atoms with Gasteiger partial charge in [0.05, 0.1) is 17.7 Å². The molecule has 2 rings (SSSR count). The van der Waals surface area contributed by atoms with Crippen LogP contribution in [0.1, 0.15) is 22.6 Å². The smallest absolute Gasteiger partial charge is 0.307 e. The number of carbonyl (C=O) groups is 1. The van der Waals surface area contributed by atoms with Crippen LogP contribution < -0.4 is 4.74 Å². The lowest BCUT2D eigenvalue weighted by molar-refractivity contribution is -0.136. The van der Waals surface area contributed by atoms with Crippen molar-refractivity contribution < 1.29 is 19.2 Å². The third-order valence-electron chi connectivity index (χ3n) is 2.82. The molecule has 0 unspecified atom stereocenters. The molecular weight excluding hydrogens is 246 g/mol. The molecule has 0 radical (unpaired) electrons. The zero-order chi connectivity index (χ0) is 13.8. The Morgan fingerprint density at radius 1 is 1.42 bits per heavy atom. The summed E-state index contributed by atoms with van der Waals surface area (Å²) in [5.74, 6) is 0.515. The van der Waals surface area contributed by atoms with Gasteiger partial charge in [0.2, 0.25) is 0 Å². The third kappa shape index (κ3) is 3.34. The van der Waals surface area contributed by atoms with Gasteiger partial charge >= 0.3 is 5.97 Å². The van der Waals surface area contributed by atoms with Crippen molar-refractivity contribution in [2.24, 2.45) is 0 Å². The first kappa shape index (κ1) is 13.1. The van der Waals surface area contributed by atoms with Crippen molar-refractivity contribution in [3.8, 4) is 5.75 Å². The van der Waals surface area contributed by atoms with Crippen LogP contribution in [-0.2, 0) is 17.8 Å². The fourth-order valence-electron chi connectivity index (χ4n) is 1.78. The topological polar surface area (TPSA) is 72.6 Å². The fraction of sp³-hybridized carbons (Fsp3) is 0.286. The van der Waals surface area contributed by atoms with Crippen molar-refractivity contribution in [3.05, 3.63) is 46.8 Å².